The fourth-order valence-electron chi connectivity index (χ4n) is 3.51. The molecule has 0 bridgehead atoms. The van der Waals surface area contributed by atoms with Gasteiger partial charge in [-0.05, 0) is 49.4 Å². The number of hydrogen-bond acceptors (Lipinski definition) is 5. The molecule has 1 amide bonds. The maximum absolute atomic E-state index is 13.3. The van der Waals surface area contributed by atoms with Gasteiger partial charge in [0.15, 0.2) is 0 Å². The number of aryl methyl sites for hydroxylation is 1. The van der Waals surface area contributed by atoms with Crippen molar-refractivity contribution in [1.82, 2.24) is 25.2 Å². The molecular formula is C24H18FN5O2. The van der Waals surface area contributed by atoms with Crippen LogP contribution in [0.4, 0.5) is 4.39 Å². The van der Waals surface area contributed by atoms with Crippen molar-refractivity contribution in [2.45, 2.75) is 13.5 Å². The predicted molar refractivity (Wildman–Crippen MR) is 117 cm³/mol. The molecule has 8 heteroatoms. The Bertz CT molecular complexity index is 1410. The van der Waals surface area contributed by atoms with Crippen LogP contribution >= 0.6 is 0 Å². The van der Waals surface area contributed by atoms with E-state index in [1.165, 1.54) is 12.1 Å². The number of halogens is 1. The van der Waals surface area contributed by atoms with Gasteiger partial charge in [-0.1, -0.05) is 23.4 Å². The number of fused-ring (bicyclic) bond motifs is 1. The highest BCUT2D eigenvalue weighted by atomic mass is 19.1. The maximum atomic E-state index is 13.3. The number of carbonyl (C=O) groups excluding carboxylic acids is 1. The smallest absolute Gasteiger partial charge is 0.259 e. The number of carbonyl (C=O) groups is 1. The SMILES string of the molecule is Cc1cc(C(=O)NCc2cnn(-c3ccccc3)c2)c2c(-c3ccc(F)cc3)noc2n1. The Balaban J connectivity index is 1.43. The summed E-state index contributed by atoms with van der Waals surface area (Å²) < 4.78 is 20.5. The standard InChI is InChI=1S/C24H18FN5O2/c1-15-11-20(21-22(29-32-24(21)28-15)17-7-9-18(25)10-8-17)23(31)26-12-16-13-27-30(14-16)19-5-3-2-4-6-19/h2-11,13-14H,12H2,1H3,(H,26,31). The molecule has 2 aromatic carbocycles. The van der Waals surface area contributed by atoms with E-state index in [0.29, 0.717) is 34.4 Å². The normalized spacial score (nSPS) is 11.1. The van der Waals surface area contributed by atoms with Crippen molar-refractivity contribution in [2.24, 2.45) is 0 Å². The largest absolute Gasteiger partial charge is 0.348 e. The van der Waals surface area contributed by atoms with Gasteiger partial charge in [0.2, 0.25) is 0 Å². The third kappa shape index (κ3) is 3.74. The minimum atomic E-state index is -0.357. The van der Waals surface area contributed by atoms with Gasteiger partial charge in [0.05, 0.1) is 22.8 Å². The molecular weight excluding hydrogens is 409 g/mol. The predicted octanol–water partition coefficient (Wildman–Crippen LogP) is 4.45. The van der Waals surface area contributed by atoms with E-state index in [1.54, 1.807) is 36.0 Å². The molecule has 0 spiro atoms. The quantitative estimate of drug-likeness (QED) is 0.448. The van der Waals surface area contributed by atoms with Crippen LogP contribution in [0.1, 0.15) is 21.6 Å². The second-order valence-electron chi connectivity index (χ2n) is 7.34. The van der Waals surface area contributed by atoms with Crippen molar-refractivity contribution < 1.29 is 13.7 Å². The average molecular weight is 427 g/mol. The van der Waals surface area contributed by atoms with Gasteiger partial charge in [0, 0.05) is 29.6 Å². The molecule has 0 atom stereocenters. The first-order chi connectivity index (χ1) is 15.6. The van der Waals surface area contributed by atoms with Gasteiger partial charge in [-0.2, -0.15) is 5.10 Å². The number of rotatable bonds is 5. The fraction of sp³-hybridized carbons (Fsp3) is 0.0833. The molecule has 0 unspecified atom stereocenters. The van der Waals surface area contributed by atoms with Crippen LogP contribution in [0.2, 0.25) is 0 Å². The van der Waals surface area contributed by atoms with Crippen LogP contribution in [0.15, 0.2) is 77.6 Å². The highest BCUT2D eigenvalue weighted by Gasteiger charge is 2.21. The van der Waals surface area contributed by atoms with E-state index in [0.717, 1.165) is 11.3 Å². The molecule has 32 heavy (non-hydrogen) atoms. The van der Waals surface area contributed by atoms with Crippen LogP contribution in [0.25, 0.3) is 28.0 Å². The Morgan fingerprint density at radius 3 is 2.69 bits per heavy atom. The van der Waals surface area contributed by atoms with Crippen molar-refractivity contribution in [1.29, 1.82) is 0 Å². The van der Waals surface area contributed by atoms with Crippen molar-refractivity contribution in [3.05, 3.63) is 95.7 Å². The van der Waals surface area contributed by atoms with Crippen molar-refractivity contribution in [2.75, 3.05) is 0 Å². The highest BCUT2D eigenvalue weighted by molar-refractivity contribution is 6.09. The van der Waals surface area contributed by atoms with Crippen LogP contribution in [-0.4, -0.2) is 25.8 Å². The lowest BCUT2D eigenvalue weighted by molar-refractivity contribution is 0.0952. The van der Waals surface area contributed by atoms with Gasteiger partial charge in [0.1, 0.15) is 11.5 Å². The number of aromatic nitrogens is 4. The van der Waals surface area contributed by atoms with Gasteiger partial charge in [-0.3, -0.25) is 4.79 Å². The molecule has 0 aliphatic rings. The number of pyridine rings is 1. The first kappa shape index (κ1) is 19.6. The first-order valence-electron chi connectivity index (χ1n) is 9.98. The van der Waals surface area contributed by atoms with E-state index in [1.807, 2.05) is 36.5 Å². The third-order valence-corrected chi connectivity index (χ3v) is 5.05. The molecule has 0 aliphatic heterocycles. The minimum Gasteiger partial charge on any atom is -0.348 e. The summed E-state index contributed by atoms with van der Waals surface area (Å²) in [6.45, 7) is 2.08. The lowest BCUT2D eigenvalue weighted by Crippen LogP contribution is -2.23. The lowest BCUT2D eigenvalue weighted by Gasteiger charge is -2.07. The van der Waals surface area contributed by atoms with Crippen LogP contribution in [0, 0.1) is 12.7 Å². The number of benzene rings is 2. The van der Waals surface area contributed by atoms with Gasteiger partial charge < -0.3 is 9.84 Å². The molecule has 158 valence electrons. The number of amides is 1. The Hall–Kier alpha value is -4.33. The summed E-state index contributed by atoms with van der Waals surface area (Å²) in [5.74, 6) is -0.649. The summed E-state index contributed by atoms with van der Waals surface area (Å²) in [5, 5.41) is 11.8. The molecule has 0 aliphatic carbocycles. The molecule has 7 nitrogen and oxygen atoms in total. The second-order valence-corrected chi connectivity index (χ2v) is 7.34. The topological polar surface area (TPSA) is 85.8 Å². The number of nitrogens with one attached hydrogen (secondary N) is 1. The molecule has 5 rings (SSSR count). The van der Waals surface area contributed by atoms with Crippen molar-refractivity contribution in [3.8, 4) is 16.9 Å². The van der Waals surface area contributed by atoms with Crippen LogP contribution in [-0.2, 0) is 6.54 Å². The highest BCUT2D eigenvalue weighted by Crippen LogP contribution is 2.30. The zero-order valence-electron chi connectivity index (χ0n) is 17.1. The fourth-order valence-corrected chi connectivity index (χ4v) is 3.51. The van der Waals surface area contributed by atoms with Gasteiger partial charge in [-0.15, -0.1) is 0 Å². The number of nitrogens with zero attached hydrogens (tertiary/aromatic N) is 4. The molecule has 0 radical (unpaired) electrons. The zero-order chi connectivity index (χ0) is 22.1. The van der Waals surface area contributed by atoms with E-state index in [9.17, 15) is 9.18 Å². The second kappa shape index (κ2) is 8.07. The number of para-hydroxylation sites is 1. The Kier molecular flexibility index (Phi) is 4.95. The Morgan fingerprint density at radius 2 is 1.91 bits per heavy atom. The summed E-state index contributed by atoms with van der Waals surface area (Å²) in [4.78, 5) is 17.4. The molecule has 3 heterocycles. The average Bonchev–Trinajstić information content (AvgIpc) is 3.45. The maximum Gasteiger partial charge on any atom is 0.259 e. The Labute approximate surface area is 182 Å². The number of hydrogen-bond donors (Lipinski definition) is 1. The minimum absolute atomic E-state index is 0.256. The summed E-state index contributed by atoms with van der Waals surface area (Å²) in [6.07, 6.45) is 3.58. The summed E-state index contributed by atoms with van der Waals surface area (Å²) in [7, 11) is 0. The monoisotopic (exact) mass is 427 g/mol. The first-order valence-corrected chi connectivity index (χ1v) is 9.98. The molecule has 5 aromatic rings. The molecule has 3 aromatic heterocycles. The van der Waals surface area contributed by atoms with E-state index in [-0.39, 0.29) is 17.4 Å². The van der Waals surface area contributed by atoms with E-state index >= 15 is 0 Å². The van der Waals surface area contributed by atoms with E-state index < -0.39 is 0 Å². The molecule has 0 saturated carbocycles. The van der Waals surface area contributed by atoms with Gasteiger partial charge >= 0.3 is 0 Å². The van der Waals surface area contributed by atoms with E-state index in [2.05, 4.69) is 20.6 Å². The molecule has 0 fully saturated rings. The van der Waals surface area contributed by atoms with Gasteiger partial charge in [-0.25, -0.2) is 14.1 Å². The summed E-state index contributed by atoms with van der Waals surface area (Å²) >= 11 is 0. The van der Waals surface area contributed by atoms with Gasteiger partial charge in [0.25, 0.3) is 11.6 Å². The van der Waals surface area contributed by atoms with Crippen LogP contribution < -0.4 is 5.32 Å². The summed E-state index contributed by atoms with van der Waals surface area (Å²) in [5.41, 5.74) is 4.14. The van der Waals surface area contributed by atoms with E-state index in [4.69, 9.17) is 4.52 Å². The van der Waals surface area contributed by atoms with Crippen molar-refractivity contribution >= 4 is 17.0 Å². The molecule has 1 N–H and O–H groups in total. The zero-order valence-corrected chi connectivity index (χ0v) is 17.1. The van der Waals surface area contributed by atoms with Crippen LogP contribution in [0.5, 0.6) is 0 Å². The molecule has 0 saturated heterocycles. The lowest BCUT2D eigenvalue weighted by atomic mass is 10.0. The summed E-state index contributed by atoms with van der Waals surface area (Å²) in [6, 6.07) is 17.3. The van der Waals surface area contributed by atoms with Crippen molar-refractivity contribution in [3.63, 3.8) is 0 Å². The third-order valence-electron chi connectivity index (χ3n) is 5.05. The van der Waals surface area contributed by atoms with Crippen LogP contribution in [0.3, 0.4) is 0 Å². The Morgan fingerprint density at radius 1 is 1.12 bits per heavy atom.